The molecule has 94 valence electrons. The summed E-state index contributed by atoms with van der Waals surface area (Å²) < 4.78 is 5.55. The second-order valence-electron chi connectivity index (χ2n) is 3.70. The molecule has 2 rings (SSSR count). The van der Waals surface area contributed by atoms with Crippen LogP contribution >= 0.6 is 11.6 Å². The fourth-order valence-corrected chi connectivity index (χ4v) is 1.62. The van der Waals surface area contributed by atoms with Crippen molar-refractivity contribution in [1.82, 2.24) is 4.98 Å². The largest absolute Gasteiger partial charge is 0.492 e. The van der Waals surface area contributed by atoms with Crippen molar-refractivity contribution in [3.8, 4) is 5.75 Å². The first-order valence-electron chi connectivity index (χ1n) is 5.57. The number of halogens is 1. The Labute approximate surface area is 111 Å². The molecule has 0 atom stereocenters. The summed E-state index contributed by atoms with van der Waals surface area (Å²) in [6.45, 7) is 1.21. The Morgan fingerprint density at radius 1 is 1.22 bits per heavy atom. The van der Waals surface area contributed by atoms with Crippen molar-refractivity contribution >= 4 is 23.0 Å². The second kappa shape index (κ2) is 6.12. The van der Waals surface area contributed by atoms with Crippen molar-refractivity contribution in [2.45, 2.75) is 0 Å². The van der Waals surface area contributed by atoms with E-state index in [9.17, 15) is 0 Å². The number of hydrogen-bond acceptors (Lipinski definition) is 4. The zero-order chi connectivity index (χ0) is 12.8. The van der Waals surface area contributed by atoms with Gasteiger partial charge in [-0.2, -0.15) is 0 Å². The highest BCUT2D eigenvalue weighted by Gasteiger charge is 1.98. The van der Waals surface area contributed by atoms with Crippen molar-refractivity contribution in [1.29, 1.82) is 0 Å². The minimum Gasteiger partial charge on any atom is -0.492 e. The molecule has 0 fully saturated rings. The van der Waals surface area contributed by atoms with E-state index in [0.29, 0.717) is 18.2 Å². The predicted octanol–water partition coefficient (Wildman–Crippen LogP) is 2.81. The Morgan fingerprint density at radius 3 is 2.72 bits per heavy atom. The van der Waals surface area contributed by atoms with Gasteiger partial charge in [-0.25, -0.2) is 0 Å². The van der Waals surface area contributed by atoms with Crippen LogP contribution in [0.1, 0.15) is 0 Å². The van der Waals surface area contributed by atoms with Gasteiger partial charge in [0.05, 0.1) is 10.7 Å². The Morgan fingerprint density at radius 2 is 2.00 bits per heavy atom. The molecule has 0 bridgehead atoms. The fraction of sp³-hybridized carbons (Fsp3) is 0.154. The van der Waals surface area contributed by atoms with Crippen LogP contribution in [0.5, 0.6) is 5.75 Å². The predicted molar refractivity (Wildman–Crippen MR) is 74.1 cm³/mol. The molecule has 18 heavy (non-hydrogen) atoms. The molecule has 0 unspecified atom stereocenters. The number of nitrogens with one attached hydrogen (secondary N) is 1. The fourth-order valence-electron chi connectivity index (χ4n) is 1.44. The minimum atomic E-state index is 0.544. The lowest BCUT2D eigenvalue weighted by Crippen LogP contribution is -2.11. The van der Waals surface area contributed by atoms with Gasteiger partial charge in [-0.15, -0.1) is 0 Å². The number of rotatable bonds is 5. The molecule has 0 aliphatic heterocycles. The highest BCUT2D eigenvalue weighted by atomic mass is 35.5. The summed E-state index contributed by atoms with van der Waals surface area (Å²) in [7, 11) is 0. The number of nitrogens with two attached hydrogens (primary N) is 1. The van der Waals surface area contributed by atoms with Gasteiger partial charge >= 0.3 is 0 Å². The summed E-state index contributed by atoms with van der Waals surface area (Å²) in [5, 5.41) is 3.77. The van der Waals surface area contributed by atoms with Gasteiger partial charge in [-0.05, 0) is 30.3 Å². The van der Waals surface area contributed by atoms with Crippen LogP contribution in [0.2, 0.25) is 5.02 Å². The first kappa shape index (κ1) is 12.5. The molecule has 1 heterocycles. The zero-order valence-electron chi connectivity index (χ0n) is 9.77. The number of anilines is 2. The van der Waals surface area contributed by atoms with Crippen molar-refractivity contribution < 1.29 is 4.74 Å². The molecule has 0 radical (unpaired) electrons. The van der Waals surface area contributed by atoms with E-state index in [1.165, 1.54) is 0 Å². The average molecular weight is 264 g/mol. The second-order valence-corrected chi connectivity index (χ2v) is 4.11. The van der Waals surface area contributed by atoms with Gasteiger partial charge in [0, 0.05) is 24.6 Å². The maximum Gasteiger partial charge on any atom is 0.119 e. The minimum absolute atomic E-state index is 0.544. The van der Waals surface area contributed by atoms with Gasteiger partial charge < -0.3 is 15.8 Å². The third-order valence-corrected chi connectivity index (χ3v) is 2.64. The van der Waals surface area contributed by atoms with E-state index in [0.717, 1.165) is 17.1 Å². The highest BCUT2D eigenvalue weighted by molar-refractivity contribution is 6.33. The molecule has 5 heteroatoms. The standard InChI is InChI=1S/C13H14ClN3O/c14-12-9-16-6-5-13(12)17-7-8-18-11-3-1-10(15)2-4-11/h1-6,9H,7-8,15H2,(H,16,17). The van der Waals surface area contributed by atoms with Gasteiger partial charge in [0.1, 0.15) is 12.4 Å². The molecule has 1 aromatic heterocycles. The van der Waals surface area contributed by atoms with E-state index in [1.54, 1.807) is 12.4 Å². The van der Waals surface area contributed by atoms with Crippen molar-refractivity contribution in [2.24, 2.45) is 0 Å². The number of hydrogen-bond donors (Lipinski definition) is 2. The summed E-state index contributed by atoms with van der Waals surface area (Å²) in [6, 6.07) is 9.13. The third kappa shape index (κ3) is 3.53. The van der Waals surface area contributed by atoms with Crippen LogP contribution in [-0.2, 0) is 0 Å². The lowest BCUT2D eigenvalue weighted by Gasteiger charge is -2.09. The molecule has 1 aromatic carbocycles. The van der Waals surface area contributed by atoms with Crippen molar-refractivity contribution in [2.75, 3.05) is 24.2 Å². The number of ether oxygens (including phenoxy) is 1. The first-order valence-corrected chi connectivity index (χ1v) is 5.95. The number of nitrogens with zero attached hydrogens (tertiary/aromatic N) is 1. The summed E-state index contributed by atoms with van der Waals surface area (Å²) in [6.07, 6.45) is 3.29. The topological polar surface area (TPSA) is 60.2 Å². The molecular weight excluding hydrogens is 250 g/mol. The highest BCUT2D eigenvalue weighted by Crippen LogP contribution is 2.18. The van der Waals surface area contributed by atoms with Crippen LogP contribution in [0.15, 0.2) is 42.7 Å². The Bertz CT molecular complexity index is 502. The van der Waals surface area contributed by atoms with Crippen LogP contribution in [0.4, 0.5) is 11.4 Å². The smallest absolute Gasteiger partial charge is 0.119 e. The molecule has 0 aliphatic rings. The van der Waals surface area contributed by atoms with Crippen LogP contribution < -0.4 is 15.8 Å². The normalized spacial score (nSPS) is 10.1. The average Bonchev–Trinajstić information content (AvgIpc) is 2.39. The van der Waals surface area contributed by atoms with Gasteiger partial charge in [0.25, 0.3) is 0 Å². The Balaban J connectivity index is 1.76. The molecule has 0 saturated heterocycles. The van der Waals surface area contributed by atoms with Crippen molar-refractivity contribution in [3.63, 3.8) is 0 Å². The summed E-state index contributed by atoms with van der Waals surface area (Å²) in [4.78, 5) is 3.91. The quantitative estimate of drug-likeness (QED) is 0.643. The van der Waals surface area contributed by atoms with E-state index < -0.39 is 0 Å². The Hall–Kier alpha value is -1.94. The molecular formula is C13H14ClN3O. The molecule has 4 nitrogen and oxygen atoms in total. The van der Waals surface area contributed by atoms with Crippen LogP contribution in [-0.4, -0.2) is 18.1 Å². The molecule has 0 amide bonds. The zero-order valence-corrected chi connectivity index (χ0v) is 10.5. The first-order chi connectivity index (χ1) is 8.75. The number of nitrogen functional groups attached to an aromatic ring is 1. The number of pyridine rings is 1. The Kier molecular flexibility index (Phi) is 4.25. The van der Waals surface area contributed by atoms with Crippen LogP contribution in [0.3, 0.4) is 0 Å². The van der Waals surface area contributed by atoms with E-state index in [2.05, 4.69) is 10.3 Å². The summed E-state index contributed by atoms with van der Waals surface area (Å²) >= 11 is 5.96. The van der Waals surface area contributed by atoms with E-state index in [4.69, 9.17) is 22.1 Å². The van der Waals surface area contributed by atoms with Gasteiger partial charge in [0.2, 0.25) is 0 Å². The SMILES string of the molecule is Nc1ccc(OCCNc2ccncc2Cl)cc1. The molecule has 0 aliphatic carbocycles. The van der Waals surface area contributed by atoms with Gasteiger partial charge in [0.15, 0.2) is 0 Å². The van der Waals surface area contributed by atoms with Gasteiger partial charge in [-0.1, -0.05) is 11.6 Å². The van der Waals surface area contributed by atoms with Crippen LogP contribution in [0, 0.1) is 0 Å². The van der Waals surface area contributed by atoms with Crippen LogP contribution in [0.25, 0.3) is 0 Å². The van der Waals surface area contributed by atoms with E-state index in [1.807, 2.05) is 30.3 Å². The molecule has 2 aromatic rings. The molecule has 0 saturated carbocycles. The number of aromatic nitrogens is 1. The van der Waals surface area contributed by atoms with Gasteiger partial charge in [-0.3, -0.25) is 4.98 Å². The molecule has 3 N–H and O–H groups in total. The maximum absolute atomic E-state index is 5.96. The molecule has 0 spiro atoms. The van der Waals surface area contributed by atoms with Crippen molar-refractivity contribution in [3.05, 3.63) is 47.7 Å². The monoisotopic (exact) mass is 263 g/mol. The summed E-state index contributed by atoms with van der Waals surface area (Å²) in [5.41, 5.74) is 7.17. The number of benzene rings is 1. The third-order valence-electron chi connectivity index (χ3n) is 2.34. The summed E-state index contributed by atoms with van der Waals surface area (Å²) in [5.74, 6) is 0.798. The maximum atomic E-state index is 5.96. The lowest BCUT2D eigenvalue weighted by atomic mass is 10.3. The van der Waals surface area contributed by atoms with E-state index in [-0.39, 0.29) is 0 Å². The lowest BCUT2D eigenvalue weighted by molar-refractivity contribution is 0.333. The van der Waals surface area contributed by atoms with E-state index >= 15 is 0 Å².